The molecule has 19 heavy (non-hydrogen) atoms. The molecule has 1 aliphatic rings. The maximum Gasteiger partial charge on any atom is 0.250 e. The smallest absolute Gasteiger partial charge is 0.250 e. The Morgan fingerprint density at radius 3 is 2.63 bits per heavy atom. The Labute approximate surface area is 118 Å². The van der Waals surface area contributed by atoms with Crippen molar-refractivity contribution < 1.29 is 13.5 Å². The molecule has 0 atom stereocenters. The van der Waals surface area contributed by atoms with Crippen molar-refractivity contribution in [3.05, 3.63) is 17.0 Å². The number of nitrogens with zero attached hydrogens (tertiary/aromatic N) is 1. The van der Waals surface area contributed by atoms with E-state index >= 15 is 0 Å². The first-order valence-corrected chi connectivity index (χ1v) is 8.83. The SMILES string of the molecule is O=S(=O)(NCCN1CCCCC1)c1ccc(CO)s1. The number of hydrogen-bond acceptors (Lipinski definition) is 5. The summed E-state index contributed by atoms with van der Waals surface area (Å²) in [4.78, 5) is 2.95. The molecule has 0 spiro atoms. The molecule has 1 fully saturated rings. The van der Waals surface area contributed by atoms with Gasteiger partial charge in [0.1, 0.15) is 4.21 Å². The topological polar surface area (TPSA) is 69.6 Å². The van der Waals surface area contributed by atoms with E-state index in [1.807, 2.05) is 0 Å². The minimum atomic E-state index is -3.42. The first-order valence-electron chi connectivity index (χ1n) is 6.53. The molecule has 0 radical (unpaired) electrons. The Hall–Kier alpha value is -0.470. The number of piperidine rings is 1. The van der Waals surface area contributed by atoms with Crippen LogP contribution in [0.1, 0.15) is 24.1 Å². The molecule has 2 N–H and O–H groups in total. The number of thiophene rings is 1. The van der Waals surface area contributed by atoms with Crippen LogP contribution in [0.25, 0.3) is 0 Å². The van der Waals surface area contributed by atoms with Crippen LogP contribution in [0.3, 0.4) is 0 Å². The van der Waals surface area contributed by atoms with Crippen molar-refractivity contribution in [2.45, 2.75) is 30.1 Å². The molecule has 0 bridgehead atoms. The normalized spacial score (nSPS) is 17.7. The third-order valence-electron chi connectivity index (χ3n) is 3.23. The fourth-order valence-electron chi connectivity index (χ4n) is 2.18. The average molecular weight is 304 g/mol. The molecule has 0 saturated carbocycles. The van der Waals surface area contributed by atoms with Crippen LogP contribution in [0.4, 0.5) is 0 Å². The van der Waals surface area contributed by atoms with Gasteiger partial charge in [0.2, 0.25) is 10.0 Å². The molecule has 1 aliphatic heterocycles. The van der Waals surface area contributed by atoms with Crippen molar-refractivity contribution in [1.82, 2.24) is 9.62 Å². The summed E-state index contributed by atoms with van der Waals surface area (Å²) in [5.41, 5.74) is 0. The molecule has 0 aliphatic carbocycles. The Kier molecular flexibility index (Phi) is 5.35. The number of hydrogen-bond donors (Lipinski definition) is 2. The molecular weight excluding hydrogens is 284 g/mol. The van der Waals surface area contributed by atoms with Crippen LogP contribution in [-0.2, 0) is 16.6 Å². The lowest BCUT2D eigenvalue weighted by Crippen LogP contribution is -2.37. The largest absolute Gasteiger partial charge is 0.391 e. The zero-order valence-corrected chi connectivity index (χ0v) is 12.5. The number of aliphatic hydroxyl groups excluding tert-OH is 1. The van der Waals surface area contributed by atoms with Crippen LogP contribution < -0.4 is 4.72 Å². The second kappa shape index (κ2) is 6.81. The second-order valence-corrected chi connectivity index (χ2v) is 7.84. The molecule has 2 heterocycles. The summed E-state index contributed by atoms with van der Waals surface area (Å²) in [7, 11) is -3.42. The van der Waals surface area contributed by atoms with Crippen LogP contribution in [0, 0.1) is 0 Å². The van der Waals surface area contributed by atoms with E-state index in [1.54, 1.807) is 12.1 Å². The third kappa shape index (κ3) is 4.25. The summed E-state index contributed by atoms with van der Waals surface area (Å²) in [6.07, 6.45) is 3.69. The van der Waals surface area contributed by atoms with Gasteiger partial charge in [-0.25, -0.2) is 13.1 Å². The zero-order chi connectivity index (χ0) is 13.7. The highest BCUT2D eigenvalue weighted by atomic mass is 32.2. The standard InChI is InChI=1S/C12H20N2O3S2/c15-10-11-4-5-12(18-11)19(16,17)13-6-9-14-7-2-1-3-8-14/h4-5,13,15H,1-3,6-10H2. The predicted octanol–water partition coefficient (Wildman–Crippen LogP) is 1.00. The van der Waals surface area contributed by atoms with Gasteiger partial charge in [0.05, 0.1) is 6.61 Å². The molecule has 0 amide bonds. The molecule has 1 aromatic heterocycles. The van der Waals surface area contributed by atoms with Gasteiger partial charge in [-0.15, -0.1) is 11.3 Å². The van der Waals surface area contributed by atoms with Crippen molar-refractivity contribution in [1.29, 1.82) is 0 Å². The lowest BCUT2D eigenvalue weighted by molar-refractivity contribution is 0.233. The number of nitrogens with one attached hydrogen (secondary N) is 1. The van der Waals surface area contributed by atoms with Gasteiger partial charge in [-0.05, 0) is 38.1 Å². The number of rotatable bonds is 6. The van der Waals surface area contributed by atoms with E-state index in [2.05, 4.69) is 9.62 Å². The lowest BCUT2D eigenvalue weighted by atomic mass is 10.1. The van der Waals surface area contributed by atoms with Crippen LogP contribution in [0.15, 0.2) is 16.3 Å². The van der Waals surface area contributed by atoms with Gasteiger partial charge in [0.15, 0.2) is 0 Å². The van der Waals surface area contributed by atoms with Gasteiger partial charge in [0.25, 0.3) is 0 Å². The number of aliphatic hydroxyl groups is 1. The zero-order valence-electron chi connectivity index (χ0n) is 10.8. The fourth-order valence-corrected chi connectivity index (χ4v) is 4.46. The molecule has 108 valence electrons. The summed E-state index contributed by atoms with van der Waals surface area (Å²) >= 11 is 1.11. The molecule has 0 aromatic carbocycles. The predicted molar refractivity (Wildman–Crippen MR) is 75.7 cm³/mol. The molecule has 1 saturated heterocycles. The first kappa shape index (κ1) is 14.9. The van der Waals surface area contributed by atoms with E-state index in [9.17, 15) is 8.42 Å². The van der Waals surface area contributed by atoms with Crippen molar-refractivity contribution in [2.24, 2.45) is 0 Å². The van der Waals surface area contributed by atoms with Crippen molar-refractivity contribution in [3.8, 4) is 0 Å². The highest BCUT2D eigenvalue weighted by Crippen LogP contribution is 2.21. The fraction of sp³-hybridized carbons (Fsp3) is 0.667. The highest BCUT2D eigenvalue weighted by molar-refractivity contribution is 7.91. The summed E-state index contributed by atoms with van der Waals surface area (Å²) in [6, 6.07) is 3.18. The second-order valence-electron chi connectivity index (χ2n) is 4.68. The minimum Gasteiger partial charge on any atom is -0.391 e. The van der Waals surface area contributed by atoms with Gasteiger partial charge >= 0.3 is 0 Å². The Balaban J connectivity index is 1.83. The molecular formula is C12H20N2O3S2. The molecule has 7 heteroatoms. The van der Waals surface area contributed by atoms with Crippen LogP contribution >= 0.6 is 11.3 Å². The Bertz CT molecular complexity index is 493. The highest BCUT2D eigenvalue weighted by Gasteiger charge is 2.17. The summed E-state index contributed by atoms with van der Waals surface area (Å²) in [5, 5.41) is 8.95. The van der Waals surface area contributed by atoms with Crippen molar-refractivity contribution >= 4 is 21.4 Å². The van der Waals surface area contributed by atoms with Gasteiger partial charge in [-0.2, -0.15) is 0 Å². The molecule has 0 unspecified atom stereocenters. The quantitative estimate of drug-likeness (QED) is 0.823. The first-order chi connectivity index (χ1) is 9.12. The molecule has 2 rings (SSSR count). The van der Waals surface area contributed by atoms with E-state index in [0.29, 0.717) is 11.4 Å². The molecule has 5 nitrogen and oxygen atoms in total. The maximum absolute atomic E-state index is 12.0. The van der Waals surface area contributed by atoms with E-state index < -0.39 is 10.0 Å². The minimum absolute atomic E-state index is 0.117. The van der Waals surface area contributed by atoms with Gasteiger partial charge in [-0.3, -0.25) is 0 Å². The van der Waals surface area contributed by atoms with E-state index in [0.717, 1.165) is 31.0 Å². The van der Waals surface area contributed by atoms with Gasteiger partial charge in [-0.1, -0.05) is 6.42 Å². The summed E-state index contributed by atoms with van der Waals surface area (Å²) < 4.78 is 26.9. The van der Waals surface area contributed by atoms with Crippen LogP contribution in [-0.4, -0.2) is 44.6 Å². The Morgan fingerprint density at radius 1 is 1.26 bits per heavy atom. The monoisotopic (exact) mass is 304 g/mol. The summed E-state index contributed by atoms with van der Waals surface area (Å²) in [6.45, 7) is 3.21. The summed E-state index contributed by atoms with van der Waals surface area (Å²) in [5.74, 6) is 0. The van der Waals surface area contributed by atoms with Crippen LogP contribution in [0.2, 0.25) is 0 Å². The average Bonchev–Trinajstić information content (AvgIpc) is 2.89. The van der Waals surface area contributed by atoms with Crippen molar-refractivity contribution in [2.75, 3.05) is 26.2 Å². The van der Waals surface area contributed by atoms with Gasteiger partial charge < -0.3 is 10.0 Å². The van der Waals surface area contributed by atoms with E-state index in [4.69, 9.17) is 5.11 Å². The van der Waals surface area contributed by atoms with Crippen molar-refractivity contribution in [3.63, 3.8) is 0 Å². The Morgan fingerprint density at radius 2 is 2.00 bits per heavy atom. The van der Waals surface area contributed by atoms with Crippen LogP contribution in [0.5, 0.6) is 0 Å². The van der Waals surface area contributed by atoms with Gasteiger partial charge in [0, 0.05) is 18.0 Å². The number of sulfonamides is 1. The lowest BCUT2D eigenvalue weighted by Gasteiger charge is -2.26. The maximum atomic E-state index is 12.0. The van der Waals surface area contributed by atoms with E-state index in [1.165, 1.54) is 19.3 Å². The third-order valence-corrected chi connectivity index (χ3v) is 6.25. The van der Waals surface area contributed by atoms with E-state index in [-0.39, 0.29) is 10.8 Å². The molecule has 1 aromatic rings. The number of likely N-dealkylation sites (tertiary alicyclic amines) is 1.